The zero-order chi connectivity index (χ0) is 12.2. The largest absolute Gasteiger partial charge is 0.497 e. The van der Waals surface area contributed by atoms with E-state index in [-0.39, 0.29) is 17.5 Å². The summed E-state index contributed by atoms with van der Waals surface area (Å²) in [7, 11) is -1.59. The predicted molar refractivity (Wildman–Crippen MR) is 64.1 cm³/mol. The van der Waals surface area contributed by atoms with Crippen molar-refractivity contribution >= 4 is 9.84 Å². The number of methoxy groups -OCH3 is 1. The van der Waals surface area contributed by atoms with Crippen LogP contribution in [0.25, 0.3) is 0 Å². The average Bonchev–Trinajstić information content (AvgIpc) is 2.15. The van der Waals surface area contributed by atoms with E-state index in [4.69, 9.17) is 10.5 Å². The fourth-order valence-corrected chi connectivity index (χ4v) is 3.08. The fourth-order valence-electron chi connectivity index (χ4n) is 1.48. The van der Waals surface area contributed by atoms with Crippen molar-refractivity contribution in [1.82, 2.24) is 0 Å². The Hall–Kier alpha value is -1.07. The maximum Gasteiger partial charge on any atom is 0.155 e. The van der Waals surface area contributed by atoms with Gasteiger partial charge in [0, 0.05) is 6.04 Å². The highest BCUT2D eigenvalue weighted by Gasteiger charge is 2.14. The Balaban J connectivity index is 2.80. The van der Waals surface area contributed by atoms with Gasteiger partial charge in [-0.3, -0.25) is 0 Å². The molecule has 2 N–H and O–H groups in total. The van der Waals surface area contributed by atoms with Crippen molar-refractivity contribution in [2.24, 2.45) is 5.73 Å². The van der Waals surface area contributed by atoms with E-state index < -0.39 is 9.84 Å². The number of hydrogen-bond acceptors (Lipinski definition) is 4. The number of sulfone groups is 1. The van der Waals surface area contributed by atoms with Crippen molar-refractivity contribution < 1.29 is 13.2 Å². The van der Waals surface area contributed by atoms with Gasteiger partial charge in [-0.15, -0.1) is 0 Å². The van der Waals surface area contributed by atoms with Gasteiger partial charge in [-0.25, -0.2) is 8.42 Å². The molecule has 1 aromatic carbocycles. The summed E-state index contributed by atoms with van der Waals surface area (Å²) in [5.74, 6) is 0.671. The molecular formula is C11H17NO3S. The molecule has 0 bridgehead atoms. The SMILES string of the molecule is COc1cccc(CS(=O)(=O)CC(C)N)c1. The van der Waals surface area contributed by atoms with E-state index in [0.717, 1.165) is 5.56 Å². The standard InChI is InChI=1S/C11H17NO3S/c1-9(12)7-16(13,14)8-10-4-3-5-11(6-10)15-2/h3-6,9H,7-8,12H2,1-2H3. The monoisotopic (exact) mass is 243 g/mol. The maximum atomic E-state index is 11.7. The zero-order valence-corrected chi connectivity index (χ0v) is 10.3. The van der Waals surface area contributed by atoms with Gasteiger partial charge in [0.2, 0.25) is 0 Å². The Bertz CT molecular complexity index is 440. The average molecular weight is 243 g/mol. The Morgan fingerprint density at radius 2 is 2.12 bits per heavy atom. The molecule has 4 nitrogen and oxygen atoms in total. The molecule has 0 aliphatic rings. The predicted octanol–water partition coefficient (Wildman–Crippen LogP) is 0.957. The minimum absolute atomic E-state index is 0.00418. The van der Waals surface area contributed by atoms with E-state index in [9.17, 15) is 8.42 Å². The van der Waals surface area contributed by atoms with Crippen LogP contribution in [-0.4, -0.2) is 27.3 Å². The van der Waals surface area contributed by atoms with Crippen LogP contribution in [-0.2, 0) is 15.6 Å². The van der Waals surface area contributed by atoms with E-state index >= 15 is 0 Å². The summed E-state index contributed by atoms with van der Waals surface area (Å²) in [6.45, 7) is 1.68. The number of hydrogen-bond donors (Lipinski definition) is 1. The van der Waals surface area contributed by atoms with E-state index in [0.29, 0.717) is 5.75 Å². The first-order chi connectivity index (χ1) is 7.43. The number of rotatable bonds is 5. The first-order valence-corrected chi connectivity index (χ1v) is 6.84. The van der Waals surface area contributed by atoms with Crippen LogP contribution in [0.5, 0.6) is 5.75 Å². The molecule has 90 valence electrons. The summed E-state index contributed by atoms with van der Waals surface area (Å²) in [5.41, 5.74) is 6.21. The number of benzene rings is 1. The second kappa shape index (κ2) is 5.32. The molecule has 5 heteroatoms. The lowest BCUT2D eigenvalue weighted by Crippen LogP contribution is -2.26. The fraction of sp³-hybridized carbons (Fsp3) is 0.455. The van der Waals surface area contributed by atoms with Crippen LogP contribution in [0.2, 0.25) is 0 Å². The molecule has 0 aliphatic heterocycles. The third-order valence-electron chi connectivity index (χ3n) is 2.04. The lowest BCUT2D eigenvalue weighted by molar-refractivity contribution is 0.414. The molecule has 0 amide bonds. The normalized spacial score (nSPS) is 13.4. The molecule has 0 aliphatic carbocycles. The van der Waals surface area contributed by atoms with Crippen molar-refractivity contribution in [3.63, 3.8) is 0 Å². The summed E-state index contributed by atoms with van der Waals surface area (Å²) >= 11 is 0. The van der Waals surface area contributed by atoms with E-state index in [1.807, 2.05) is 0 Å². The van der Waals surface area contributed by atoms with Crippen LogP contribution in [0.4, 0.5) is 0 Å². The third kappa shape index (κ3) is 4.20. The molecule has 1 rings (SSSR count). The number of ether oxygens (including phenoxy) is 1. The highest BCUT2D eigenvalue weighted by atomic mass is 32.2. The van der Waals surface area contributed by atoms with Crippen molar-refractivity contribution in [2.45, 2.75) is 18.7 Å². The van der Waals surface area contributed by atoms with Crippen molar-refractivity contribution in [1.29, 1.82) is 0 Å². The third-order valence-corrected chi connectivity index (χ3v) is 3.84. The molecule has 0 radical (unpaired) electrons. The molecular weight excluding hydrogens is 226 g/mol. The zero-order valence-electron chi connectivity index (χ0n) is 9.51. The summed E-state index contributed by atoms with van der Waals surface area (Å²) in [5, 5.41) is 0. The molecule has 0 saturated carbocycles. The van der Waals surface area contributed by atoms with Crippen LogP contribution in [0.15, 0.2) is 24.3 Å². The van der Waals surface area contributed by atoms with Crippen LogP contribution >= 0.6 is 0 Å². The highest BCUT2D eigenvalue weighted by molar-refractivity contribution is 7.90. The molecule has 0 spiro atoms. The van der Waals surface area contributed by atoms with Crippen molar-refractivity contribution in [3.8, 4) is 5.75 Å². The van der Waals surface area contributed by atoms with Crippen LogP contribution in [0, 0.1) is 0 Å². The Morgan fingerprint density at radius 1 is 1.44 bits per heavy atom. The van der Waals surface area contributed by atoms with Gasteiger partial charge in [0.25, 0.3) is 0 Å². The van der Waals surface area contributed by atoms with Crippen molar-refractivity contribution in [2.75, 3.05) is 12.9 Å². The topological polar surface area (TPSA) is 69.4 Å². The van der Waals surface area contributed by atoms with Crippen LogP contribution in [0.3, 0.4) is 0 Å². The van der Waals surface area contributed by atoms with E-state index in [1.54, 1.807) is 38.3 Å². The first kappa shape index (κ1) is 13.0. The van der Waals surface area contributed by atoms with Crippen LogP contribution < -0.4 is 10.5 Å². The molecule has 1 atom stereocenters. The Labute approximate surface area is 96.3 Å². The summed E-state index contributed by atoms with van der Waals surface area (Å²) in [6, 6.07) is 6.70. The van der Waals surface area contributed by atoms with Gasteiger partial charge in [0.1, 0.15) is 5.75 Å². The van der Waals surface area contributed by atoms with Gasteiger partial charge in [-0.05, 0) is 24.6 Å². The molecule has 16 heavy (non-hydrogen) atoms. The molecule has 0 heterocycles. The molecule has 1 unspecified atom stereocenters. The van der Waals surface area contributed by atoms with Gasteiger partial charge in [-0.2, -0.15) is 0 Å². The summed E-state index contributed by atoms with van der Waals surface area (Å²) in [6.07, 6.45) is 0. The summed E-state index contributed by atoms with van der Waals surface area (Å²) in [4.78, 5) is 0. The second-order valence-corrected chi connectivity index (χ2v) is 5.99. The van der Waals surface area contributed by atoms with Gasteiger partial charge in [0.15, 0.2) is 9.84 Å². The van der Waals surface area contributed by atoms with E-state index in [1.165, 1.54) is 0 Å². The number of nitrogens with two attached hydrogens (primary N) is 1. The lowest BCUT2D eigenvalue weighted by Gasteiger charge is -2.08. The van der Waals surface area contributed by atoms with Gasteiger partial charge in [-0.1, -0.05) is 12.1 Å². The van der Waals surface area contributed by atoms with Gasteiger partial charge < -0.3 is 10.5 Å². The Kier molecular flexibility index (Phi) is 4.32. The van der Waals surface area contributed by atoms with Crippen molar-refractivity contribution in [3.05, 3.63) is 29.8 Å². The summed E-state index contributed by atoms with van der Waals surface area (Å²) < 4.78 is 28.4. The van der Waals surface area contributed by atoms with E-state index in [2.05, 4.69) is 0 Å². The van der Waals surface area contributed by atoms with Crippen LogP contribution in [0.1, 0.15) is 12.5 Å². The maximum absolute atomic E-state index is 11.7. The molecule has 1 aromatic rings. The Morgan fingerprint density at radius 3 is 2.69 bits per heavy atom. The van der Waals surface area contributed by atoms with Gasteiger partial charge >= 0.3 is 0 Å². The minimum atomic E-state index is -3.14. The molecule has 0 fully saturated rings. The lowest BCUT2D eigenvalue weighted by atomic mass is 10.2. The quantitative estimate of drug-likeness (QED) is 0.836. The second-order valence-electron chi connectivity index (χ2n) is 3.88. The smallest absolute Gasteiger partial charge is 0.155 e. The van der Waals surface area contributed by atoms with Gasteiger partial charge in [0.05, 0.1) is 18.6 Å². The minimum Gasteiger partial charge on any atom is -0.497 e. The molecule has 0 aromatic heterocycles. The first-order valence-electron chi connectivity index (χ1n) is 5.02. The molecule has 0 saturated heterocycles. The highest BCUT2D eigenvalue weighted by Crippen LogP contribution is 2.15.